The maximum absolute atomic E-state index is 12.2. The van der Waals surface area contributed by atoms with Crippen LogP contribution in [0.1, 0.15) is 38.2 Å². The van der Waals surface area contributed by atoms with Gasteiger partial charge in [-0.1, -0.05) is 37.5 Å². The molecule has 0 heterocycles. The van der Waals surface area contributed by atoms with Crippen molar-refractivity contribution in [2.24, 2.45) is 5.92 Å². The number of hydrogen-bond acceptors (Lipinski definition) is 4. The van der Waals surface area contributed by atoms with Gasteiger partial charge in [0.25, 0.3) is 0 Å². The Labute approximate surface area is 169 Å². The van der Waals surface area contributed by atoms with E-state index in [-0.39, 0.29) is 29.6 Å². The van der Waals surface area contributed by atoms with Crippen molar-refractivity contribution in [2.75, 3.05) is 33.7 Å². The Morgan fingerprint density at radius 3 is 2.46 bits per heavy atom. The number of aryl methyl sites for hydroxylation is 1. The molecule has 1 aliphatic carbocycles. The fourth-order valence-electron chi connectivity index (χ4n) is 3.83. The van der Waals surface area contributed by atoms with E-state index in [0.29, 0.717) is 12.5 Å². The summed E-state index contributed by atoms with van der Waals surface area (Å²) in [6.07, 6.45) is 4.55. The highest BCUT2D eigenvalue weighted by Gasteiger charge is 2.37. The second-order valence-electron chi connectivity index (χ2n) is 8.14. The molecule has 0 unspecified atom stereocenters. The molecular formula is C20H34N4O3S. The minimum absolute atomic E-state index is 0.0119. The van der Waals surface area contributed by atoms with Gasteiger partial charge in [-0.05, 0) is 51.9 Å². The second-order valence-corrected chi connectivity index (χ2v) is 9.91. The smallest absolute Gasteiger partial charge is 0.314 e. The van der Waals surface area contributed by atoms with Gasteiger partial charge in [-0.3, -0.25) is 0 Å². The van der Waals surface area contributed by atoms with Crippen molar-refractivity contribution in [3.8, 4) is 0 Å². The van der Waals surface area contributed by atoms with Crippen LogP contribution in [0, 0.1) is 12.8 Å². The van der Waals surface area contributed by atoms with E-state index in [1.807, 2.05) is 6.92 Å². The predicted octanol–water partition coefficient (Wildman–Crippen LogP) is 2.08. The Bertz CT molecular complexity index is 749. The maximum Gasteiger partial charge on any atom is 0.314 e. The normalized spacial score (nSPS) is 22.8. The summed E-state index contributed by atoms with van der Waals surface area (Å²) < 4.78 is 27.0. The largest absolute Gasteiger partial charge is 0.337 e. The number of carbonyl (C=O) groups excluding carboxylic acids is 1. The standard InChI is InChI=1S/C20H34N4O3S/c1-16-7-9-18(10-8-16)28(26,27)23-13-12-21-19(25)22-15-20(24(3)4)11-5-6-17(2)14-20/h7-10,17,23H,5-6,11-15H2,1-4H3,(H2,21,22,25)/t17-,20+/m0/s1. The quantitative estimate of drug-likeness (QED) is 0.573. The van der Waals surface area contributed by atoms with E-state index in [0.717, 1.165) is 18.4 Å². The van der Waals surface area contributed by atoms with Crippen LogP contribution < -0.4 is 15.4 Å². The number of rotatable bonds is 8. The molecule has 28 heavy (non-hydrogen) atoms. The molecule has 1 aliphatic rings. The molecule has 0 aromatic heterocycles. The zero-order valence-electron chi connectivity index (χ0n) is 17.4. The number of urea groups is 1. The van der Waals surface area contributed by atoms with Crippen LogP contribution in [0.4, 0.5) is 4.79 Å². The van der Waals surface area contributed by atoms with Crippen molar-refractivity contribution in [3.63, 3.8) is 0 Å². The summed E-state index contributed by atoms with van der Waals surface area (Å²) in [4.78, 5) is 14.6. The van der Waals surface area contributed by atoms with Crippen molar-refractivity contribution in [1.29, 1.82) is 0 Å². The number of hydrogen-bond donors (Lipinski definition) is 3. The molecule has 158 valence electrons. The average molecular weight is 411 g/mol. The number of likely N-dealkylation sites (N-methyl/N-ethyl adjacent to an activating group) is 1. The molecule has 1 aromatic rings. The van der Waals surface area contributed by atoms with Gasteiger partial charge in [-0.25, -0.2) is 17.9 Å². The Balaban J connectivity index is 1.75. The first-order valence-electron chi connectivity index (χ1n) is 9.90. The maximum atomic E-state index is 12.2. The molecule has 0 radical (unpaired) electrons. The molecule has 0 spiro atoms. The average Bonchev–Trinajstić information content (AvgIpc) is 2.64. The minimum atomic E-state index is -3.56. The van der Waals surface area contributed by atoms with Crippen LogP contribution in [0.25, 0.3) is 0 Å². The number of benzene rings is 1. The number of sulfonamides is 1. The Hall–Kier alpha value is -1.64. The summed E-state index contributed by atoms with van der Waals surface area (Å²) in [5.41, 5.74) is 0.988. The highest BCUT2D eigenvalue weighted by molar-refractivity contribution is 7.89. The first-order valence-corrected chi connectivity index (χ1v) is 11.4. The molecule has 2 amide bonds. The minimum Gasteiger partial charge on any atom is -0.337 e. The molecule has 2 atom stereocenters. The Morgan fingerprint density at radius 1 is 1.18 bits per heavy atom. The molecule has 1 saturated carbocycles. The summed E-state index contributed by atoms with van der Waals surface area (Å²) >= 11 is 0. The van der Waals surface area contributed by atoms with Gasteiger partial charge < -0.3 is 15.5 Å². The van der Waals surface area contributed by atoms with Crippen LogP contribution in [-0.4, -0.2) is 58.6 Å². The van der Waals surface area contributed by atoms with Gasteiger partial charge >= 0.3 is 6.03 Å². The van der Waals surface area contributed by atoms with Gasteiger partial charge in [-0.15, -0.1) is 0 Å². The van der Waals surface area contributed by atoms with E-state index in [2.05, 4.69) is 41.3 Å². The van der Waals surface area contributed by atoms with E-state index < -0.39 is 10.0 Å². The lowest BCUT2D eigenvalue weighted by molar-refractivity contribution is 0.0773. The fourth-order valence-corrected chi connectivity index (χ4v) is 4.86. The molecule has 3 N–H and O–H groups in total. The highest BCUT2D eigenvalue weighted by Crippen LogP contribution is 2.35. The molecule has 1 aromatic carbocycles. The van der Waals surface area contributed by atoms with Gasteiger partial charge in [0.05, 0.1) is 4.90 Å². The molecule has 0 bridgehead atoms. The van der Waals surface area contributed by atoms with Crippen molar-refractivity contribution in [1.82, 2.24) is 20.3 Å². The molecule has 2 rings (SSSR count). The zero-order chi connectivity index (χ0) is 20.8. The summed E-state index contributed by atoms with van der Waals surface area (Å²) in [5.74, 6) is 0.650. The van der Waals surface area contributed by atoms with E-state index in [4.69, 9.17) is 0 Å². The van der Waals surface area contributed by atoms with Crippen LogP contribution in [0.15, 0.2) is 29.2 Å². The monoisotopic (exact) mass is 410 g/mol. The molecule has 0 aliphatic heterocycles. The highest BCUT2D eigenvalue weighted by atomic mass is 32.2. The topological polar surface area (TPSA) is 90.5 Å². The first kappa shape index (κ1) is 22.6. The SMILES string of the molecule is Cc1ccc(S(=O)(=O)NCCNC(=O)NC[C@@]2(N(C)C)CCC[C@H](C)C2)cc1. The van der Waals surface area contributed by atoms with Crippen LogP contribution >= 0.6 is 0 Å². The van der Waals surface area contributed by atoms with Gasteiger partial charge in [0.2, 0.25) is 10.0 Å². The third kappa shape index (κ3) is 6.18. The molecular weight excluding hydrogens is 376 g/mol. The van der Waals surface area contributed by atoms with E-state index in [9.17, 15) is 13.2 Å². The Kier molecular flexibility index (Phi) is 7.86. The Morgan fingerprint density at radius 2 is 1.86 bits per heavy atom. The van der Waals surface area contributed by atoms with Crippen LogP contribution in [-0.2, 0) is 10.0 Å². The predicted molar refractivity (Wildman–Crippen MR) is 112 cm³/mol. The molecule has 8 heteroatoms. The van der Waals surface area contributed by atoms with Gasteiger partial charge in [0.15, 0.2) is 0 Å². The zero-order valence-corrected chi connectivity index (χ0v) is 18.2. The lowest BCUT2D eigenvalue weighted by atomic mass is 9.75. The van der Waals surface area contributed by atoms with Gasteiger partial charge in [0, 0.05) is 25.2 Å². The molecule has 0 saturated heterocycles. The lowest BCUT2D eigenvalue weighted by Gasteiger charge is -2.45. The van der Waals surface area contributed by atoms with E-state index >= 15 is 0 Å². The third-order valence-electron chi connectivity index (χ3n) is 5.63. The van der Waals surface area contributed by atoms with Crippen LogP contribution in [0.5, 0.6) is 0 Å². The van der Waals surface area contributed by atoms with Crippen molar-refractivity contribution >= 4 is 16.1 Å². The number of amides is 2. The fraction of sp³-hybridized carbons (Fsp3) is 0.650. The summed E-state index contributed by atoms with van der Waals surface area (Å²) in [6.45, 7) is 5.12. The number of carbonyl (C=O) groups is 1. The van der Waals surface area contributed by atoms with Gasteiger partial charge in [-0.2, -0.15) is 0 Å². The second kappa shape index (κ2) is 9.71. The van der Waals surface area contributed by atoms with Crippen molar-refractivity contribution < 1.29 is 13.2 Å². The van der Waals surface area contributed by atoms with Crippen molar-refractivity contribution in [2.45, 2.75) is 50.0 Å². The number of nitrogens with one attached hydrogen (secondary N) is 3. The van der Waals surface area contributed by atoms with E-state index in [1.54, 1.807) is 24.3 Å². The third-order valence-corrected chi connectivity index (χ3v) is 7.11. The summed E-state index contributed by atoms with van der Waals surface area (Å²) in [5, 5.41) is 5.69. The lowest BCUT2D eigenvalue weighted by Crippen LogP contribution is -2.56. The molecule has 1 fully saturated rings. The molecule has 7 nitrogen and oxygen atoms in total. The number of nitrogens with zero attached hydrogens (tertiary/aromatic N) is 1. The van der Waals surface area contributed by atoms with Crippen LogP contribution in [0.3, 0.4) is 0 Å². The summed E-state index contributed by atoms with van der Waals surface area (Å²) in [7, 11) is 0.574. The van der Waals surface area contributed by atoms with Crippen molar-refractivity contribution in [3.05, 3.63) is 29.8 Å². The van der Waals surface area contributed by atoms with E-state index in [1.165, 1.54) is 12.8 Å². The van der Waals surface area contributed by atoms with Crippen LogP contribution in [0.2, 0.25) is 0 Å². The summed E-state index contributed by atoms with van der Waals surface area (Å²) in [6, 6.07) is 6.39. The van der Waals surface area contributed by atoms with Gasteiger partial charge in [0.1, 0.15) is 0 Å². The first-order chi connectivity index (χ1) is 13.1.